The van der Waals surface area contributed by atoms with Gasteiger partial charge in [0.15, 0.2) is 5.82 Å². The molecule has 3 aromatic carbocycles. The number of H-pyrrole nitrogens is 1. The lowest BCUT2D eigenvalue weighted by molar-refractivity contribution is 0.102. The molecule has 0 saturated carbocycles. The number of nitrogens with one attached hydrogen (secondary N) is 2. The van der Waals surface area contributed by atoms with Gasteiger partial charge in [0.1, 0.15) is 0 Å². The summed E-state index contributed by atoms with van der Waals surface area (Å²) in [5.41, 5.74) is 2.85. The Labute approximate surface area is 195 Å². The fraction of sp³-hybridized carbons (Fsp3) is 0.125. The number of sulfonamides is 1. The fourth-order valence-electron chi connectivity index (χ4n) is 3.98. The van der Waals surface area contributed by atoms with Crippen LogP contribution in [0, 0.1) is 0 Å². The Morgan fingerprint density at radius 3 is 2.68 bits per heavy atom. The maximum atomic E-state index is 13.4. The number of hydrogen-bond donors (Lipinski definition) is 2. The van der Waals surface area contributed by atoms with Crippen LogP contribution in [0.25, 0.3) is 11.4 Å². The maximum Gasteiger partial charge on any atom is 0.439 e. The monoisotopic (exact) mass is 476 g/mol. The number of aromatic amines is 1. The maximum absolute atomic E-state index is 13.4. The van der Waals surface area contributed by atoms with Crippen molar-refractivity contribution in [2.75, 3.05) is 16.2 Å². The minimum Gasteiger partial charge on any atom is -0.322 e. The Morgan fingerprint density at radius 1 is 1.03 bits per heavy atom. The molecule has 1 aliphatic heterocycles. The zero-order chi connectivity index (χ0) is 23.7. The molecule has 4 aromatic rings. The number of hydrogen-bond acceptors (Lipinski definition) is 6. The summed E-state index contributed by atoms with van der Waals surface area (Å²) in [7, 11) is -3.84. The molecular weight excluding hydrogens is 456 g/mol. The molecule has 0 radical (unpaired) electrons. The standard InChI is InChI=1S/C24H20N4O5S/c29-23(25-19-10-3-7-17(14-19)22-26-24(30)33-27-22)18-8-4-11-20(15-18)34(31,32)28-13-5-9-16-6-1-2-12-21(16)28/h1-4,6-8,10-12,14-15H,5,9,13H2,(H,25,29)(H,26,27,30). The van der Waals surface area contributed by atoms with Crippen LogP contribution in [0.3, 0.4) is 0 Å². The highest BCUT2D eigenvalue weighted by atomic mass is 32.2. The number of anilines is 2. The number of rotatable bonds is 5. The third-order valence-corrected chi connectivity index (χ3v) is 7.40. The van der Waals surface area contributed by atoms with Crippen molar-refractivity contribution >= 4 is 27.3 Å². The minimum atomic E-state index is -3.84. The number of para-hydroxylation sites is 1. The molecule has 0 unspecified atom stereocenters. The van der Waals surface area contributed by atoms with E-state index >= 15 is 0 Å². The lowest BCUT2D eigenvalue weighted by Crippen LogP contribution is -2.35. The first-order valence-corrected chi connectivity index (χ1v) is 12.0. The lowest BCUT2D eigenvalue weighted by atomic mass is 10.0. The molecule has 0 fully saturated rings. The van der Waals surface area contributed by atoms with Gasteiger partial charge >= 0.3 is 5.76 Å². The van der Waals surface area contributed by atoms with Gasteiger partial charge in [0.05, 0.1) is 10.6 Å². The van der Waals surface area contributed by atoms with E-state index in [-0.39, 0.29) is 16.3 Å². The van der Waals surface area contributed by atoms with Gasteiger partial charge in [-0.3, -0.25) is 18.6 Å². The molecule has 5 rings (SSSR count). The van der Waals surface area contributed by atoms with E-state index in [1.54, 1.807) is 42.5 Å². The van der Waals surface area contributed by atoms with E-state index in [1.165, 1.54) is 16.4 Å². The van der Waals surface area contributed by atoms with E-state index in [0.29, 0.717) is 23.5 Å². The van der Waals surface area contributed by atoms with Gasteiger partial charge < -0.3 is 5.32 Å². The summed E-state index contributed by atoms with van der Waals surface area (Å²) in [6.45, 7) is 0.382. The van der Waals surface area contributed by atoms with Crippen molar-refractivity contribution in [3.05, 3.63) is 94.5 Å². The normalized spacial score (nSPS) is 13.4. The predicted molar refractivity (Wildman–Crippen MR) is 126 cm³/mol. The topological polar surface area (TPSA) is 125 Å². The first-order chi connectivity index (χ1) is 16.4. The molecule has 9 nitrogen and oxygen atoms in total. The van der Waals surface area contributed by atoms with Gasteiger partial charge in [-0.2, -0.15) is 0 Å². The third kappa shape index (κ3) is 4.11. The Kier molecular flexibility index (Phi) is 5.50. The zero-order valence-corrected chi connectivity index (χ0v) is 18.7. The second kappa shape index (κ2) is 8.64. The van der Waals surface area contributed by atoms with Crippen LogP contribution in [0.4, 0.5) is 11.4 Å². The third-order valence-electron chi connectivity index (χ3n) is 5.59. The fourth-order valence-corrected chi connectivity index (χ4v) is 5.56. The van der Waals surface area contributed by atoms with Crippen LogP contribution >= 0.6 is 0 Å². The van der Waals surface area contributed by atoms with Crippen molar-refractivity contribution in [2.24, 2.45) is 0 Å². The highest BCUT2D eigenvalue weighted by Gasteiger charge is 2.29. The summed E-state index contributed by atoms with van der Waals surface area (Å²) >= 11 is 0. The summed E-state index contributed by atoms with van der Waals surface area (Å²) in [6.07, 6.45) is 1.55. The average Bonchev–Trinajstić information content (AvgIpc) is 3.30. The van der Waals surface area contributed by atoms with Crippen molar-refractivity contribution < 1.29 is 17.7 Å². The Balaban J connectivity index is 1.41. The minimum absolute atomic E-state index is 0.0470. The van der Waals surface area contributed by atoms with E-state index in [9.17, 15) is 18.0 Å². The van der Waals surface area contributed by atoms with Crippen molar-refractivity contribution in [3.8, 4) is 11.4 Å². The average molecular weight is 477 g/mol. The SMILES string of the molecule is O=C(Nc1cccc(-c2noc(=O)[nH]2)c1)c1cccc(S(=O)(=O)N2CCCc3ccccc32)c1. The second-order valence-corrected chi connectivity index (χ2v) is 9.68. The van der Waals surface area contributed by atoms with Crippen LogP contribution in [0.1, 0.15) is 22.3 Å². The summed E-state index contributed by atoms with van der Waals surface area (Å²) < 4.78 is 32.8. The first-order valence-electron chi connectivity index (χ1n) is 10.6. The largest absolute Gasteiger partial charge is 0.439 e. The Bertz CT molecular complexity index is 1540. The molecule has 2 N–H and O–H groups in total. The number of carbonyl (C=O) groups excluding carboxylic acids is 1. The van der Waals surface area contributed by atoms with E-state index in [4.69, 9.17) is 0 Å². The van der Waals surface area contributed by atoms with Crippen molar-refractivity contribution in [1.29, 1.82) is 0 Å². The van der Waals surface area contributed by atoms with E-state index in [2.05, 4.69) is 20.0 Å². The summed E-state index contributed by atoms with van der Waals surface area (Å²) in [6, 6.07) is 20.1. The number of benzene rings is 3. The molecule has 0 bridgehead atoms. The van der Waals surface area contributed by atoms with E-state index in [1.807, 2.05) is 18.2 Å². The molecule has 0 saturated heterocycles. The van der Waals surface area contributed by atoms with Crippen molar-refractivity contribution in [3.63, 3.8) is 0 Å². The van der Waals surface area contributed by atoms with Crippen LogP contribution in [-0.4, -0.2) is 31.0 Å². The first kappa shape index (κ1) is 21.7. The zero-order valence-electron chi connectivity index (χ0n) is 17.9. The highest BCUT2D eigenvalue weighted by molar-refractivity contribution is 7.92. The molecule has 34 heavy (non-hydrogen) atoms. The molecule has 1 amide bonds. The van der Waals surface area contributed by atoms with Gasteiger partial charge in [0, 0.05) is 23.4 Å². The predicted octanol–water partition coefficient (Wildman–Crippen LogP) is 3.42. The number of amides is 1. The smallest absolute Gasteiger partial charge is 0.322 e. The van der Waals surface area contributed by atoms with Gasteiger partial charge in [-0.25, -0.2) is 13.2 Å². The van der Waals surface area contributed by atoms with Gasteiger partial charge in [0.2, 0.25) is 0 Å². The number of nitrogens with zero attached hydrogens (tertiary/aromatic N) is 2. The number of fused-ring (bicyclic) bond motifs is 1. The van der Waals surface area contributed by atoms with Gasteiger partial charge in [0.25, 0.3) is 15.9 Å². The van der Waals surface area contributed by atoms with Crippen molar-refractivity contribution in [1.82, 2.24) is 10.1 Å². The van der Waals surface area contributed by atoms with E-state index < -0.39 is 21.7 Å². The van der Waals surface area contributed by atoms with Gasteiger partial charge in [-0.1, -0.05) is 41.6 Å². The summed E-state index contributed by atoms with van der Waals surface area (Å²) in [4.78, 5) is 26.6. The molecule has 10 heteroatoms. The van der Waals surface area contributed by atoms with Crippen LogP contribution in [-0.2, 0) is 16.4 Å². The molecule has 1 aromatic heterocycles. The van der Waals surface area contributed by atoms with Crippen LogP contribution < -0.4 is 15.4 Å². The quantitative estimate of drug-likeness (QED) is 0.455. The summed E-state index contributed by atoms with van der Waals surface area (Å²) in [5, 5.41) is 6.39. The Hall–Kier alpha value is -4.18. The van der Waals surface area contributed by atoms with Crippen LogP contribution in [0.5, 0.6) is 0 Å². The van der Waals surface area contributed by atoms with Gasteiger partial charge in [-0.05, 0) is 54.8 Å². The molecular formula is C24H20N4O5S. The van der Waals surface area contributed by atoms with Crippen LogP contribution in [0.15, 0.2) is 87.0 Å². The molecule has 1 aliphatic rings. The summed E-state index contributed by atoms with van der Waals surface area (Å²) in [5.74, 6) is -0.920. The lowest BCUT2D eigenvalue weighted by Gasteiger charge is -2.30. The number of aromatic nitrogens is 2. The molecule has 0 aliphatic carbocycles. The molecule has 172 valence electrons. The van der Waals surface area contributed by atoms with E-state index in [0.717, 1.165) is 18.4 Å². The molecule has 0 spiro atoms. The molecule has 2 heterocycles. The van der Waals surface area contributed by atoms with Gasteiger partial charge in [-0.15, -0.1) is 0 Å². The second-order valence-electron chi connectivity index (χ2n) is 7.82. The number of carbonyl (C=O) groups is 1. The van der Waals surface area contributed by atoms with Crippen molar-refractivity contribution in [2.45, 2.75) is 17.7 Å². The molecule has 0 atom stereocenters. The number of aryl methyl sites for hydroxylation is 1. The Morgan fingerprint density at radius 2 is 1.85 bits per heavy atom. The highest BCUT2D eigenvalue weighted by Crippen LogP contribution is 2.32. The van der Waals surface area contributed by atoms with Crippen LogP contribution in [0.2, 0.25) is 0 Å².